The van der Waals surface area contributed by atoms with Crippen LogP contribution in [-0.4, -0.2) is 28.0 Å². The summed E-state index contributed by atoms with van der Waals surface area (Å²) in [6, 6.07) is 16.1. The number of ether oxygens (including phenoxy) is 1. The van der Waals surface area contributed by atoms with Gasteiger partial charge in [-0.05, 0) is 67.1 Å². The molecule has 4 nitrogen and oxygen atoms in total. The van der Waals surface area contributed by atoms with E-state index in [1.54, 1.807) is 29.7 Å². The average Bonchev–Trinajstić information content (AvgIpc) is 2.85. The highest BCUT2D eigenvalue weighted by molar-refractivity contribution is 8.00. The molecule has 0 saturated carbocycles. The smallest absolute Gasteiger partial charge is 0.265 e. The van der Waals surface area contributed by atoms with E-state index < -0.39 is 6.10 Å². The molecular formula is C29H38N2O2S2. The minimum Gasteiger partial charge on any atom is -0.481 e. The zero-order valence-electron chi connectivity index (χ0n) is 21.4. The first kappa shape index (κ1) is 27.4. The first-order chi connectivity index (χ1) is 17.0. The Morgan fingerprint density at radius 1 is 1.00 bits per heavy atom. The maximum Gasteiger partial charge on any atom is 0.265 e. The largest absolute Gasteiger partial charge is 0.481 e. The molecule has 0 fully saturated rings. The van der Waals surface area contributed by atoms with E-state index in [0.29, 0.717) is 11.7 Å². The minimum absolute atomic E-state index is 0.102. The van der Waals surface area contributed by atoms with Gasteiger partial charge in [-0.2, -0.15) is 0 Å². The quantitative estimate of drug-likeness (QED) is 0.174. The lowest BCUT2D eigenvalue weighted by Gasteiger charge is -2.21. The first-order valence-corrected chi connectivity index (χ1v) is 14.6. The van der Waals surface area contributed by atoms with E-state index in [0.717, 1.165) is 45.8 Å². The Balaban J connectivity index is 1.82. The van der Waals surface area contributed by atoms with Gasteiger partial charge in [0.2, 0.25) is 0 Å². The van der Waals surface area contributed by atoms with Crippen LogP contribution in [0.1, 0.15) is 66.2 Å². The van der Waals surface area contributed by atoms with Crippen molar-refractivity contribution in [3.63, 3.8) is 0 Å². The molecule has 1 unspecified atom stereocenters. The van der Waals surface area contributed by atoms with Crippen LogP contribution in [0.15, 0.2) is 64.5 Å². The third-order valence-corrected chi connectivity index (χ3v) is 7.59. The van der Waals surface area contributed by atoms with Crippen molar-refractivity contribution < 1.29 is 9.53 Å². The molecule has 1 heterocycles. The van der Waals surface area contributed by atoms with Gasteiger partial charge in [0, 0.05) is 26.6 Å². The highest BCUT2D eigenvalue weighted by Crippen LogP contribution is 2.36. The van der Waals surface area contributed by atoms with Crippen molar-refractivity contribution >= 4 is 46.0 Å². The normalized spacial score (nSPS) is 12.1. The monoisotopic (exact) mass is 510 g/mol. The first-order valence-electron chi connectivity index (χ1n) is 12.8. The molecule has 1 amide bonds. The number of hydrogen-bond acceptors (Lipinski definition) is 5. The summed E-state index contributed by atoms with van der Waals surface area (Å²) in [6.07, 6.45) is 7.62. The summed E-state index contributed by atoms with van der Waals surface area (Å²) in [5.74, 6) is 1.66. The molecule has 0 aliphatic rings. The Morgan fingerprint density at radius 2 is 1.77 bits per heavy atom. The van der Waals surface area contributed by atoms with Crippen LogP contribution >= 0.6 is 23.5 Å². The third kappa shape index (κ3) is 8.46. The summed E-state index contributed by atoms with van der Waals surface area (Å²) >= 11 is 3.54. The lowest BCUT2D eigenvalue weighted by Crippen LogP contribution is -2.33. The average molecular weight is 511 g/mol. The van der Waals surface area contributed by atoms with Crippen LogP contribution in [-0.2, 0) is 4.79 Å². The van der Waals surface area contributed by atoms with E-state index in [1.165, 1.54) is 24.2 Å². The van der Waals surface area contributed by atoms with Crippen LogP contribution in [0, 0.1) is 0 Å². The second-order valence-electron chi connectivity index (χ2n) is 8.88. The molecular weight excluding hydrogens is 472 g/mol. The van der Waals surface area contributed by atoms with Crippen molar-refractivity contribution in [2.45, 2.75) is 87.4 Å². The van der Waals surface area contributed by atoms with Crippen molar-refractivity contribution in [1.29, 1.82) is 0 Å². The summed E-state index contributed by atoms with van der Waals surface area (Å²) in [6.45, 7) is 8.67. The van der Waals surface area contributed by atoms with Gasteiger partial charge in [-0.25, -0.2) is 0 Å². The number of amides is 1. The number of aromatic nitrogens is 1. The van der Waals surface area contributed by atoms with E-state index in [9.17, 15) is 4.79 Å². The maximum absolute atomic E-state index is 13.6. The van der Waals surface area contributed by atoms with Gasteiger partial charge >= 0.3 is 0 Å². The molecule has 2 aromatic carbocycles. The van der Waals surface area contributed by atoms with Crippen molar-refractivity contribution in [2.75, 3.05) is 11.1 Å². The molecule has 0 radical (unpaired) electrons. The van der Waals surface area contributed by atoms with Crippen molar-refractivity contribution in [3.8, 4) is 5.75 Å². The number of rotatable bonds is 14. The van der Waals surface area contributed by atoms with Crippen LogP contribution in [0.3, 0.4) is 0 Å². The second kappa shape index (κ2) is 14.4. The molecule has 35 heavy (non-hydrogen) atoms. The summed E-state index contributed by atoms with van der Waals surface area (Å²) in [5, 5.41) is 4.58. The number of nitrogens with one attached hydrogen (secondary N) is 1. The Bertz CT molecular complexity index is 1070. The minimum atomic E-state index is -0.551. The number of fused-ring (bicyclic) bond motifs is 1. The van der Waals surface area contributed by atoms with E-state index in [-0.39, 0.29) is 5.91 Å². The summed E-state index contributed by atoms with van der Waals surface area (Å²) in [4.78, 5) is 20.4. The third-order valence-electron chi connectivity index (χ3n) is 5.63. The van der Waals surface area contributed by atoms with Gasteiger partial charge in [0.15, 0.2) is 6.10 Å². The molecule has 0 aliphatic carbocycles. The summed E-state index contributed by atoms with van der Waals surface area (Å²) in [7, 11) is 0. The fourth-order valence-electron chi connectivity index (χ4n) is 3.94. The van der Waals surface area contributed by atoms with E-state index >= 15 is 0 Å². The molecule has 6 heteroatoms. The zero-order chi connectivity index (χ0) is 25.0. The second-order valence-corrected chi connectivity index (χ2v) is 11.8. The zero-order valence-corrected chi connectivity index (χ0v) is 23.0. The molecule has 1 atom stereocenters. The molecule has 0 aliphatic heterocycles. The van der Waals surface area contributed by atoms with Gasteiger partial charge in [0.05, 0.1) is 11.2 Å². The number of carbonyl (C=O) groups is 1. The number of hydrogen-bond donors (Lipinski definition) is 1. The van der Waals surface area contributed by atoms with Crippen LogP contribution in [0.5, 0.6) is 5.75 Å². The number of benzene rings is 2. The number of pyridine rings is 1. The fraction of sp³-hybridized carbons (Fsp3) is 0.448. The molecule has 3 aromatic rings. The SMILES string of the molecule is CCCCCCCC(Oc1ccc(SCC)cc1)C(=O)Nc1c(SC(C)C)ccc2ncccc12. The summed E-state index contributed by atoms with van der Waals surface area (Å²) in [5.41, 5.74) is 1.70. The van der Waals surface area contributed by atoms with Gasteiger partial charge in [0.1, 0.15) is 5.75 Å². The molecule has 1 N–H and O–H groups in total. The lowest BCUT2D eigenvalue weighted by atomic mass is 10.1. The number of unbranched alkanes of at least 4 members (excludes halogenated alkanes) is 4. The Kier molecular flexibility index (Phi) is 11.3. The Morgan fingerprint density at radius 3 is 2.49 bits per heavy atom. The fourth-order valence-corrected chi connectivity index (χ4v) is 5.53. The van der Waals surface area contributed by atoms with Crippen molar-refractivity contribution in [3.05, 3.63) is 54.7 Å². The number of anilines is 1. The number of thioether (sulfide) groups is 2. The van der Waals surface area contributed by atoms with Crippen LogP contribution in [0.2, 0.25) is 0 Å². The lowest BCUT2D eigenvalue weighted by molar-refractivity contribution is -0.123. The van der Waals surface area contributed by atoms with Crippen molar-refractivity contribution in [1.82, 2.24) is 4.98 Å². The predicted octanol–water partition coefficient (Wildman–Crippen LogP) is 8.59. The van der Waals surface area contributed by atoms with E-state index in [2.05, 4.69) is 56.2 Å². The Hall–Kier alpha value is -2.18. The molecule has 1 aromatic heterocycles. The molecule has 188 valence electrons. The van der Waals surface area contributed by atoms with Crippen LogP contribution in [0.4, 0.5) is 5.69 Å². The molecule has 0 bridgehead atoms. The van der Waals surface area contributed by atoms with Gasteiger partial charge in [-0.15, -0.1) is 23.5 Å². The van der Waals surface area contributed by atoms with Gasteiger partial charge < -0.3 is 10.1 Å². The highest BCUT2D eigenvalue weighted by atomic mass is 32.2. The van der Waals surface area contributed by atoms with Crippen molar-refractivity contribution in [2.24, 2.45) is 0 Å². The van der Waals surface area contributed by atoms with E-state index in [1.807, 2.05) is 30.3 Å². The number of carbonyl (C=O) groups excluding carboxylic acids is 1. The van der Waals surface area contributed by atoms with Gasteiger partial charge in [0.25, 0.3) is 5.91 Å². The topological polar surface area (TPSA) is 51.2 Å². The van der Waals surface area contributed by atoms with Gasteiger partial charge in [-0.1, -0.05) is 53.4 Å². The number of nitrogens with zero attached hydrogens (tertiary/aromatic N) is 1. The summed E-state index contributed by atoms with van der Waals surface area (Å²) < 4.78 is 6.28. The van der Waals surface area contributed by atoms with Crippen LogP contribution in [0.25, 0.3) is 10.9 Å². The molecule has 3 rings (SSSR count). The standard InChI is InChI=1S/C29H38N2O2S2/c1-5-7-8-9-10-13-26(33-22-14-16-23(17-15-22)34-6-2)29(32)31-28-24-12-11-20-30-25(24)18-19-27(28)35-21(3)4/h11-12,14-21,26H,5-10,13H2,1-4H3,(H,31,32). The Labute approximate surface area is 219 Å². The van der Waals surface area contributed by atoms with Gasteiger partial charge in [-0.3, -0.25) is 9.78 Å². The highest BCUT2D eigenvalue weighted by Gasteiger charge is 2.23. The molecule has 0 saturated heterocycles. The predicted molar refractivity (Wildman–Crippen MR) is 152 cm³/mol. The van der Waals surface area contributed by atoms with E-state index in [4.69, 9.17) is 4.74 Å². The van der Waals surface area contributed by atoms with Crippen LogP contribution < -0.4 is 10.1 Å². The molecule has 0 spiro atoms. The maximum atomic E-state index is 13.6.